The second kappa shape index (κ2) is 4.43. The van der Waals surface area contributed by atoms with Crippen LogP contribution in [0, 0.1) is 20.4 Å². The van der Waals surface area contributed by atoms with Crippen LogP contribution in [0.15, 0.2) is 18.2 Å². The number of carbonyl (C=O) groups excluding carboxylic acids is 1. The summed E-state index contributed by atoms with van der Waals surface area (Å²) in [6, 6.07) is 5.80. The molecule has 0 radical (unpaired) electrons. The summed E-state index contributed by atoms with van der Waals surface area (Å²) in [4.78, 5) is 14.1. The SMILES string of the molecule is [C-]#[N+]CC(=O)Nc1cc(C)cc(C)c1. The van der Waals surface area contributed by atoms with Crippen LogP contribution in [0.2, 0.25) is 0 Å². The molecule has 0 bridgehead atoms. The maximum Gasteiger partial charge on any atom is 0.304 e. The number of hydrogen-bond acceptors (Lipinski definition) is 1. The monoisotopic (exact) mass is 188 g/mol. The fourth-order valence-electron chi connectivity index (χ4n) is 1.32. The Balaban J connectivity index is 2.77. The lowest BCUT2D eigenvalue weighted by Gasteiger charge is -2.04. The first kappa shape index (κ1) is 10.3. The fraction of sp³-hybridized carbons (Fsp3) is 0.273. The zero-order valence-electron chi connectivity index (χ0n) is 8.29. The normalized spacial score (nSPS) is 9.21. The summed E-state index contributed by atoms with van der Waals surface area (Å²) in [7, 11) is 0. The first-order valence-corrected chi connectivity index (χ1v) is 4.33. The molecule has 0 unspecified atom stereocenters. The first-order chi connectivity index (χ1) is 6.61. The molecule has 3 nitrogen and oxygen atoms in total. The maximum atomic E-state index is 11.1. The van der Waals surface area contributed by atoms with Crippen LogP contribution in [0.1, 0.15) is 11.1 Å². The van der Waals surface area contributed by atoms with Gasteiger partial charge in [-0.25, -0.2) is 6.57 Å². The van der Waals surface area contributed by atoms with E-state index in [4.69, 9.17) is 6.57 Å². The van der Waals surface area contributed by atoms with Crippen molar-refractivity contribution in [1.29, 1.82) is 0 Å². The molecule has 0 saturated heterocycles. The molecule has 0 heterocycles. The molecule has 72 valence electrons. The van der Waals surface area contributed by atoms with Crippen molar-refractivity contribution in [3.63, 3.8) is 0 Å². The van der Waals surface area contributed by atoms with Gasteiger partial charge in [-0.05, 0) is 37.1 Å². The zero-order valence-corrected chi connectivity index (χ0v) is 8.29. The Morgan fingerprint density at radius 3 is 2.43 bits per heavy atom. The lowest BCUT2D eigenvalue weighted by Crippen LogP contribution is -2.13. The van der Waals surface area contributed by atoms with E-state index in [1.54, 1.807) is 0 Å². The van der Waals surface area contributed by atoms with E-state index in [9.17, 15) is 4.79 Å². The summed E-state index contributed by atoms with van der Waals surface area (Å²) in [6.07, 6.45) is 0. The van der Waals surface area contributed by atoms with Crippen molar-refractivity contribution in [2.45, 2.75) is 13.8 Å². The van der Waals surface area contributed by atoms with Gasteiger partial charge in [0.2, 0.25) is 0 Å². The third kappa shape index (κ3) is 2.91. The number of nitrogens with zero attached hydrogens (tertiary/aromatic N) is 1. The molecule has 0 saturated carbocycles. The average Bonchev–Trinajstić information content (AvgIpc) is 2.01. The van der Waals surface area contributed by atoms with Crippen molar-refractivity contribution in [1.82, 2.24) is 0 Å². The Morgan fingerprint density at radius 1 is 1.36 bits per heavy atom. The van der Waals surface area contributed by atoms with Gasteiger partial charge >= 0.3 is 5.91 Å². The smallest absolute Gasteiger partial charge is 0.304 e. The summed E-state index contributed by atoms with van der Waals surface area (Å²) in [5, 5.41) is 2.67. The van der Waals surface area contributed by atoms with Crippen molar-refractivity contribution in [2.75, 3.05) is 11.9 Å². The van der Waals surface area contributed by atoms with Gasteiger partial charge in [0.25, 0.3) is 6.54 Å². The summed E-state index contributed by atoms with van der Waals surface area (Å²) in [5.41, 5.74) is 2.96. The van der Waals surface area contributed by atoms with Crippen LogP contribution in [0.4, 0.5) is 5.69 Å². The average molecular weight is 188 g/mol. The van der Waals surface area contributed by atoms with Crippen LogP contribution in [0.25, 0.3) is 4.85 Å². The van der Waals surface area contributed by atoms with Gasteiger partial charge in [0.1, 0.15) is 0 Å². The van der Waals surface area contributed by atoms with Crippen molar-refractivity contribution in [3.05, 3.63) is 40.7 Å². The number of hydrogen-bond donors (Lipinski definition) is 1. The molecule has 1 N–H and O–H groups in total. The topological polar surface area (TPSA) is 33.5 Å². The van der Waals surface area contributed by atoms with Gasteiger partial charge < -0.3 is 10.2 Å². The molecule has 0 atom stereocenters. The van der Waals surface area contributed by atoms with Gasteiger partial charge in [-0.3, -0.25) is 4.79 Å². The van der Waals surface area contributed by atoms with Crippen molar-refractivity contribution < 1.29 is 4.79 Å². The number of amides is 1. The van der Waals surface area contributed by atoms with Gasteiger partial charge in [-0.1, -0.05) is 6.07 Å². The largest absolute Gasteiger partial charge is 0.320 e. The number of aryl methyl sites for hydroxylation is 2. The summed E-state index contributed by atoms with van der Waals surface area (Å²) in [5.74, 6) is -0.259. The predicted octanol–water partition coefficient (Wildman–Crippen LogP) is 2.16. The quantitative estimate of drug-likeness (QED) is 0.709. The molecule has 0 aromatic heterocycles. The highest BCUT2D eigenvalue weighted by atomic mass is 16.1. The van der Waals surface area contributed by atoms with Gasteiger partial charge in [0.05, 0.1) is 0 Å². The highest BCUT2D eigenvalue weighted by Crippen LogP contribution is 2.13. The summed E-state index contributed by atoms with van der Waals surface area (Å²) >= 11 is 0. The third-order valence-electron chi connectivity index (χ3n) is 1.73. The second-order valence-electron chi connectivity index (χ2n) is 3.24. The van der Waals surface area contributed by atoms with Crippen LogP contribution in [-0.2, 0) is 4.79 Å². The number of rotatable bonds is 2. The van der Waals surface area contributed by atoms with Gasteiger partial charge in [0.15, 0.2) is 0 Å². The Morgan fingerprint density at radius 2 is 1.93 bits per heavy atom. The number of benzene rings is 1. The van der Waals surface area contributed by atoms with E-state index in [2.05, 4.69) is 10.2 Å². The van der Waals surface area contributed by atoms with Gasteiger partial charge in [-0.2, -0.15) is 0 Å². The van der Waals surface area contributed by atoms with E-state index in [-0.39, 0.29) is 12.5 Å². The minimum atomic E-state index is -0.259. The number of carbonyl (C=O) groups is 1. The summed E-state index contributed by atoms with van der Waals surface area (Å²) < 4.78 is 0. The Hall–Kier alpha value is -1.82. The Labute approximate surface area is 83.6 Å². The highest BCUT2D eigenvalue weighted by molar-refractivity contribution is 5.93. The van der Waals surface area contributed by atoms with Crippen LogP contribution in [-0.4, -0.2) is 12.5 Å². The van der Waals surface area contributed by atoms with Gasteiger partial charge in [0, 0.05) is 5.69 Å². The fourth-order valence-corrected chi connectivity index (χ4v) is 1.32. The van der Waals surface area contributed by atoms with Crippen molar-refractivity contribution >= 4 is 11.6 Å². The highest BCUT2D eigenvalue weighted by Gasteiger charge is 2.04. The lowest BCUT2D eigenvalue weighted by atomic mass is 10.1. The van der Waals surface area contributed by atoms with E-state index in [0.717, 1.165) is 16.8 Å². The van der Waals surface area contributed by atoms with Crippen LogP contribution in [0.3, 0.4) is 0 Å². The molecule has 1 amide bonds. The first-order valence-electron chi connectivity index (χ1n) is 4.33. The molecule has 3 heteroatoms. The van der Waals surface area contributed by atoms with E-state index in [1.165, 1.54) is 0 Å². The van der Waals surface area contributed by atoms with E-state index in [1.807, 2.05) is 32.0 Å². The summed E-state index contributed by atoms with van der Waals surface area (Å²) in [6.45, 7) is 10.4. The second-order valence-corrected chi connectivity index (χ2v) is 3.24. The standard InChI is InChI=1S/C11H12N2O/c1-8-4-9(2)6-10(5-8)13-11(14)7-12-3/h4-6H,7H2,1-2H3,(H,13,14). The molecule has 0 aliphatic rings. The minimum Gasteiger partial charge on any atom is -0.320 e. The van der Waals surface area contributed by atoms with Crippen molar-refractivity contribution in [3.8, 4) is 0 Å². The van der Waals surface area contributed by atoms with Crippen LogP contribution >= 0.6 is 0 Å². The number of nitrogens with one attached hydrogen (secondary N) is 1. The molecule has 0 spiro atoms. The lowest BCUT2D eigenvalue weighted by molar-refractivity contribution is -0.114. The maximum absolute atomic E-state index is 11.1. The van der Waals surface area contributed by atoms with E-state index >= 15 is 0 Å². The zero-order chi connectivity index (χ0) is 10.6. The molecule has 0 aliphatic carbocycles. The number of anilines is 1. The van der Waals surface area contributed by atoms with Crippen LogP contribution in [0.5, 0.6) is 0 Å². The molecule has 1 aromatic carbocycles. The van der Waals surface area contributed by atoms with Crippen molar-refractivity contribution in [2.24, 2.45) is 0 Å². The van der Waals surface area contributed by atoms with E-state index < -0.39 is 0 Å². The Kier molecular flexibility index (Phi) is 3.24. The molecule has 1 rings (SSSR count). The predicted molar refractivity (Wildman–Crippen MR) is 56.0 cm³/mol. The molecule has 1 aromatic rings. The molecular weight excluding hydrogens is 176 g/mol. The van der Waals surface area contributed by atoms with Gasteiger partial charge in [-0.15, -0.1) is 0 Å². The van der Waals surface area contributed by atoms with E-state index in [0.29, 0.717) is 0 Å². The molecule has 14 heavy (non-hydrogen) atoms. The molecule has 0 aliphatic heterocycles. The minimum absolute atomic E-state index is 0.118. The molecule has 0 fully saturated rings. The Bertz CT molecular complexity index is 371. The van der Waals surface area contributed by atoms with Crippen LogP contribution < -0.4 is 5.32 Å². The molecular formula is C11H12N2O. The third-order valence-corrected chi connectivity index (χ3v) is 1.73.